The van der Waals surface area contributed by atoms with Crippen LogP contribution < -0.4 is 0 Å². The Hall–Kier alpha value is -2.67. The number of ether oxygens (including phenoxy) is 3. The standard InChI is InChI=1S/C18H20O7/c1-11(2)17(21)24-10-7-14-15(8-9-23-14)25-18(22)13-6-4-3-5-12(13)16(19)20/h3-6,14-15H,1,7-10H2,2H3,(H,19,20). The molecule has 0 aromatic heterocycles. The Balaban J connectivity index is 1.95. The summed E-state index contributed by atoms with van der Waals surface area (Å²) in [6.45, 7) is 5.58. The normalized spacial score (nSPS) is 19.2. The predicted octanol–water partition coefficient (Wildman–Crippen LogP) is 2.21. The molecule has 134 valence electrons. The molecule has 7 heteroatoms. The van der Waals surface area contributed by atoms with Crippen molar-refractivity contribution in [3.8, 4) is 0 Å². The molecule has 0 saturated carbocycles. The minimum Gasteiger partial charge on any atom is -0.478 e. The molecule has 7 nitrogen and oxygen atoms in total. The third kappa shape index (κ3) is 4.90. The van der Waals surface area contributed by atoms with E-state index < -0.39 is 30.1 Å². The first-order valence-corrected chi connectivity index (χ1v) is 7.87. The zero-order valence-electron chi connectivity index (χ0n) is 13.9. The molecule has 2 unspecified atom stereocenters. The zero-order chi connectivity index (χ0) is 18.4. The minimum atomic E-state index is -1.20. The van der Waals surface area contributed by atoms with Gasteiger partial charge in [0.05, 0.1) is 30.4 Å². The average Bonchev–Trinajstić information content (AvgIpc) is 3.01. The van der Waals surface area contributed by atoms with Gasteiger partial charge < -0.3 is 19.3 Å². The van der Waals surface area contributed by atoms with E-state index in [1.165, 1.54) is 18.2 Å². The van der Waals surface area contributed by atoms with Gasteiger partial charge in [-0.3, -0.25) is 0 Å². The van der Waals surface area contributed by atoms with Gasteiger partial charge >= 0.3 is 17.9 Å². The number of carboxylic acid groups (broad SMARTS) is 1. The molecule has 1 aromatic carbocycles. The molecule has 1 aliphatic rings. The molecule has 1 aromatic rings. The quantitative estimate of drug-likeness (QED) is 0.596. The van der Waals surface area contributed by atoms with Gasteiger partial charge in [-0.2, -0.15) is 0 Å². The van der Waals surface area contributed by atoms with Crippen LogP contribution >= 0.6 is 0 Å². The smallest absolute Gasteiger partial charge is 0.339 e. The number of hydrogen-bond acceptors (Lipinski definition) is 6. The van der Waals surface area contributed by atoms with E-state index in [1.807, 2.05) is 0 Å². The van der Waals surface area contributed by atoms with Crippen LogP contribution in [-0.4, -0.2) is 48.4 Å². The minimum absolute atomic E-state index is 0.00522. The summed E-state index contributed by atoms with van der Waals surface area (Å²) in [4.78, 5) is 34.9. The van der Waals surface area contributed by atoms with Crippen molar-refractivity contribution in [3.05, 3.63) is 47.5 Å². The second kappa shape index (κ2) is 8.43. The topological polar surface area (TPSA) is 99.1 Å². The van der Waals surface area contributed by atoms with Crippen LogP contribution in [0.4, 0.5) is 0 Å². The molecule has 1 heterocycles. The maximum atomic E-state index is 12.3. The Morgan fingerprint density at radius 3 is 2.60 bits per heavy atom. The maximum Gasteiger partial charge on any atom is 0.339 e. The monoisotopic (exact) mass is 348 g/mol. The zero-order valence-corrected chi connectivity index (χ0v) is 13.9. The van der Waals surface area contributed by atoms with E-state index in [2.05, 4.69) is 6.58 Å². The fraction of sp³-hybridized carbons (Fsp3) is 0.389. The van der Waals surface area contributed by atoms with E-state index in [1.54, 1.807) is 13.0 Å². The average molecular weight is 348 g/mol. The predicted molar refractivity (Wildman–Crippen MR) is 87.4 cm³/mol. The van der Waals surface area contributed by atoms with Crippen molar-refractivity contribution in [1.29, 1.82) is 0 Å². The third-order valence-electron chi connectivity index (χ3n) is 3.77. The lowest BCUT2D eigenvalue weighted by Crippen LogP contribution is -2.29. The van der Waals surface area contributed by atoms with Gasteiger partial charge in [-0.15, -0.1) is 0 Å². The molecular weight excluding hydrogens is 328 g/mol. The number of aromatic carboxylic acids is 1. The summed E-state index contributed by atoms with van der Waals surface area (Å²) in [5, 5.41) is 9.15. The van der Waals surface area contributed by atoms with Crippen LogP contribution in [-0.2, 0) is 19.0 Å². The number of carbonyl (C=O) groups is 3. The number of benzene rings is 1. The largest absolute Gasteiger partial charge is 0.478 e. The molecule has 0 aliphatic carbocycles. The van der Waals surface area contributed by atoms with Crippen molar-refractivity contribution in [2.45, 2.75) is 32.0 Å². The SMILES string of the molecule is C=C(C)C(=O)OCCC1OCCC1OC(=O)c1ccccc1C(=O)O. The molecule has 0 radical (unpaired) electrons. The first-order valence-electron chi connectivity index (χ1n) is 7.87. The fourth-order valence-corrected chi connectivity index (χ4v) is 2.47. The van der Waals surface area contributed by atoms with Crippen LogP contribution in [0.5, 0.6) is 0 Å². The number of carbonyl (C=O) groups excluding carboxylic acids is 2. The lowest BCUT2D eigenvalue weighted by Gasteiger charge is -2.19. The maximum absolute atomic E-state index is 12.3. The molecule has 2 rings (SSSR count). The van der Waals surface area contributed by atoms with Gasteiger partial charge in [-0.05, 0) is 19.1 Å². The Kier molecular flexibility index (Phi) is 6.30. The Morgan fingerprint density at radius 1 is 1.28 bits per heavy atom. The lowest BCUT2D eigenvalue weighted by atomic mass is 10.1. The fourth-order valence-electron chi connectivity index (χ4n) is 2.47. The van der Waals surface area contributed by atoms with Crippen molar-refractivity contribution < 1.29 is 33.7 Å². The van der Waals surface area contributed by atoms with Crippen molar-refractivity contribution >= 4 is 17.9 Å². The first-order chi connectivity index (χ1) is 11.9. The van der Waals surface area contributed by atoms with E-state index in [-0.39, 0.29) is 17.7 Å². The van der Waals surface area contributed by atoms with Crippen molar-refractivity contribution in [2.75, 3.05) is 13.2 Å². The summed E-state index contributed by atoms with van der Waals surface area (Å²) in [6, 6.07) is 5.87. The second-order valence-corrected chi connectivity index (χ2v) is 5.70. The van der Waals surface area contributed by atoms with Crippen LogP contribution in [0.1, 0.15) is 40.5 Å². The Bertz CT molecular complexity index is 680. The van der Waals surface area contributed by atoms with Gasteiger partial charge in [0.25, 0.3) is 0 Å². The van der Waals surface area contributed by atoms with Gasteiger partial charge in [-0.25, -0.2) is 14.4 Å². The molecular formula is C18H20O7. The van der Waals surface area contributed by atoms with E-state index >= 15 is 0 Å². The molecule has 25 heavy (non-hydrogen) atoms. The highest BCUT2D eigenvalue weighted by Gasteiger charge is 2.32. The highest BCUT2D eigenvalue weighted by atomic mass is 16.6. The molecule has 2 atom stereocenters. The van der Waals surface area contributed by atoms with E-state index in [0.717, 1.165) is 0 Å². The van der Waals surface area contributed by atoms with Crippen molar-refractivity contribution in [2.24, 2.45) is 0 Å². The Labute approximate surface area is 145 Å². The van der Waals surface area contributed by atoms with Crippen LogP contribution in [0.15, 0.2) is 36.4 Å². The van der Waals surface area contributed by atoms with Crippen molar-refractivity contribution in [3.63, 3.8) is 0 Å². The van der Waals surface area contributed by atoms with Gasteiger partial charge in [0.1, 0.15) is 6.10 Å². The number of esters is 2. The molecule has 0 amide bonds. The first kappa shape index (κ1) is 18.7. The van der Waals surface area contributed by atoms with Gasteiger partial charge in [0.2, 0.25) is 0 Å². The number of hydrogen-bond donors (Lipinski definition) is 1. The molecule has 1 saturated heterocycles. The summed E-state index contributed by atoms with van der Waals surface area (Å²) in [6.07, 6.45) is -0.0470. The summed E-state index contributed by atoms with van der Waals surface area (Å²) < 4.78 is 16.0. The summed E-state index contributed by atoms with van der Waals surface area (Å²) in [5.41, 5.74) is 0.188. The lowest BCUT2D eigenvalue weighted by molar-refractivity contribution is -0.140. The van der Waals surface area contributed by atoms with E-state index in [4.69, 9.17) is 19.3 Å². The van der Waals surface area contributed by atoms with Crippen LogP contribution in [0.25, 0.3) is 0 Å². The summed E-state index contributed by atoms with van der Waals surface area (Å²) >= 11 is 0. The molecule has 1 fully saturated rings. The van der Waals surface area contributed by atoms with Gasteiger partial charge in [0, 0.05) is 18.4 Å². The molecule has 0 spiro atoms. The van der Waals surface area contributed by atoms with Gasteiger partial charge in [0.15, 0.2) is 0 Å². The van der Waals surface area contributed by atoms with E-state index in [9.17, 15) is 14.4 Å². The molecule has 1 aliphatic heterocycles. The van der Waals surface area contributed by atoms with Crippen LogP contribution in [0.3, 0.4) is 0 Å². The summed E-state index contributed by atoms with van der Waals surface area (Å²) in [5.74, 6) is -2.39. The van der Waals surface area contributed by atoms with Gasteiger partial charge in [-0.1, -0.05) is 18.7 Å². The number of carboxylic acids is 1. The summed E-state index contributed by atoms with van der Waals surface area (Å²) in [7, 11) is 0. The van der Waals surface area contributed by atoms with E-state index in [0.29, 0.717) is 25.0 Å². The van der Waals surface area contributed by atoms with Crippen LogP contribution in [0, 0.1) is 0 Å². The molecule has 0 bridgehead atoms. The second-order valence-electron chi connectivity index (χ2n) is 5.70. The highest BCUT2D eigenvalue weighted by Crippen LogP contribution is 2.22. The Morgan fingerprint density at radius 2 is 1.96 bits per heavy atom. The molecule has 1 N–H and O–H groups in total. The van der Waals surface area contributed by atoms with Crippen molar-refractivity contribution in [1.82, 2.24) is 0 Å². The number of rotatable bonds is 7. The highest BCUT2D eigenvalue weighted by molar-refractivity contribution is 6.02. The third-order valence-corrected chi connectivity index (χ3v) is 3.77. The van der Waals surface area contributed by atoms with Crippen LogP contribution in [0.2, 0.25) is 0 Å².